The maximum absolute atomic E-state index is 10.8. The summed E-state index contributed by atoms with van der Waals surface area (Å²) in [6.45, 7) is 3.12. The minimum absolute atomic E-state index is 0.555. The molecule has 0 N–H and O–H groups in total. The van der Waals surface area contributed by atoms with Gasteiger partial charge in [-0.1, -0.05) is 6.08 Å². The highest BCUT2D eigenvalue weighted by molar-refractivity contribution is 7.10. The second kappa shape index (κ2) is 5.72. The van der Waals surface area contributed by atoms with Gasteiger partial charge in [0.2, 0.25) is 0 Å². The zero-order valence-electron chi connectivity index (χ0n) is 6.94. The van der Waals surface area contributed by atoms with Gasteiger partial charge < -0.3 is 9.26 Å². The average Bonchev–Trinajstić information content (AvgIpc) is 2.03. The zero-order chi connectivity index (χ0) is 9.56. The van der Waals surface area contributed by atoms with Gasteiger partial charge in [0.1, 0.15) is 0 Å². The molecule has 0 bridgehead atoms. The molecular formula is C7H11O4P. The third kappa shape index (κ3) is 4.09. The summed E-state index contributed by atoms with van der Waals surface area (Å²) in [5, 5.41) is 0. The first-order valence-corrected chi connectivity index (χ1v) is 3.82. The van der Waals surface area contributed by atoms with Crippen LogP contribution in [-0.4, -0.2) is 18.0 Å². The number of hydrogen-bond donors (Lipinski definition) is 0. The molecule has 0 radical (unpaired) electrons. The fourth-order valence-electron chi connectivity index (χ4n) is 0.494. The van der Waals surface area contributed by atoms with Crippen molar-refractivity contribution in [1.82, 2.24) is 0 Å². The molecule has 0 aromatic carbocycles. The third-order valence-corrected chi connectivity index (χ3v) is 1.28. The van der Waals surface area contributed by atoms with Gasteiger partial charge in [-0.3, -0.25) is 0 Å². The first-order valence-electron chi connectivity index (χ1n) is 3.35. The highest BCUT2D eigenvalue weighted by Gasteiger charge is 2.16. The summed E-state index contributed by atoms with van der Waals surface area (Å²) in [4.78, 5) is 21.5. The lowest BCUT2D eigenvalue weighted by Crippen LogP contribution is -2.23. The molecule has 0 aromatic heterocycles. The quantitative estimate of drug-likeness (QED) is 0.375. The Morgan fingerprint density at radius 1 is 1.50 bits per heavy atom. The largest absolute Gasteiger partial charge is 0.449 e. The summed E-state index contributed by atoms with van der Waals surface area (Å²) in [5.41, 5.74) is 0. The lowest BCUT2D eigenvalue weighted by atomic mass is 10.4. The van der Waals surface area contributed by atoms with E-state index in [2.05, 4.69) is 9.26 Å². The molecule has 12 heavy (non-hydrogen) atoms. The van der Waals surface area contributed by atoms with Crippen molar-refractivity contribution >= 4 is 21.4 Å². The van der Waals surface area contributed by atoms with Crippen molar-refractivity contribution in [2.24, 2.45) is 0 Å². The van der Waals surface area contributed by atoms with Crippen LogP contribution in [0, 0.1) is 0 Å². The highest BCUT2D eigenvalue weighted by atomic mass is 31.0. The van der Waals surface area contributed by atoms with Crippen molar-refractivity contribution in [2.75, 3.05) is 0 Å². The van der Waals surface area contributed by atoms with Crippen molar-refractivity contribution in [1.29, 1.82) is 0 Å². The van der Waals surface area contributed by atoms with Crippen LogP contribution in [0.2, 0.25) is 0 Å². The Morgan fingerprint density at radius 3 is 2.50 bits per heavy atom. The van der Waals surface area contributed by atoms with E-state index >= 15 is 0 Å². The molecule has 0 aromatic rings. The molecule has 2 atom stereocenters. The van der Waals surface area contributed by atoms with Crippen LogP contribution in [0.3, 0.4) is 0 Å². The maximum atomic E-state index is 10.8. The predicted octanol–water partition coefficient (Wildman–Crippen LogP) is 0.827. The Morgan fingerprint density at radius 2 is 2.08 bits per heavy atom. The molecular weight excluding hydrogens is 179 g/mol. The second-order valence-corrected chi connectivity index (χ2v) is 2.25. The first kappa shape index (κ1) is 11.1. The van der Waals surface area contributed by atoms with Gasteiger partial charge in [0.15, 0.2) is 6.10 Å². The van der Waals surface area contributed by atoms with Crippen molar-refractivity contribution in [2.45, 2.75) is 20.0 Å². The van der Waals surface area contributed by atoms with E-state index in [1.807, 2.05) is 0 Å². The fraction of sp³-hybridized carbons (Fsp3) is 0.429. The summed E-state index contributed by atoms with van der Waals surface area (Å²) in [7, 11) is 1.79. The van der Waals surface area contributed by atoms with E-state index in [1.54, 1.807) is 16.4 Å². The predicted molar refractivity (Wildman–Crippen MR) is 46.2 cm³/mol. The molecule has 0 heterocycles. The molecule has 68 valence electrons. The van der Waals surface area contributed by atoms with Gasteiger partial charge in [0.25, 0.3) is 0 Å². The van der Waals surface area contributed by atoms with Crippen LogP contribution in [0.4, 0.5) is 0 Å². The van der Waals surface area contributed by atoms with Crippen molar-refractivity contribution in [3.05, 3.63) is 12.2 Å². The SMILES string of the molecule is C/C=C/C(=O)O[C@@H](C)C(=O)OP. The average molecular weight is 190 g/mol. The van der Waals surface area contributed by atoms with Gasteiger partial charge in [-0.2, -0.15) is 0 Å². The zero-order valence-corrected chi connectivity index (χ0v) is 8.10. The van der Waals surface area contributed by atoms with Crippen LogP contribution in [-0.2, 0) is 18.8 Å². The van der Waals surface area contributed by atoms with E-state index in [0.29, 0.717) is 0 Å². The number of rotatable bonds is 3. The Labute approximate surface area is 73.2 Å². The van der Waals surface area contributed by atoms with Gasteiger partial charge in [-0.05, 0) is 13.8 Å². The molecule has 0 aliphatic rings. The molecule has 0 saturated carbocycles. The molecule has 0 saturated heterocycles. The van der Waals surface area contributed by atoms with Crippen molar-refractivity contribution < 1.29 is 18.8 Å². The normalized spacial score (nSPS) is 12.6. The Kier molecular flexibility index (Phi) is 5.30. The molecule has 0 fully saturated rings. The number of carbonyl (C=O) groups excluding carboxylic acids is 2. The van der Waals surface area contributed by atoms with Gasteiger partial charge in [-0.15, -0.1) is 0 Å². The number of esters is 1. The number of hydrogen-bond acceptors (Lipinski definition) is 4. The minimum atomic E-state index is -0.869. The molecule has 0 rings (SSSR count). The van der Waals surface area contributed by atoms with Gasteiger partial charge in [0, 0.05) is 6.08 Å². The standard InChI is InChI=1S/C7H11O4P/c1-3-4-6(8)10-5(2)7(9)11-12/h3-5H,12H2,1-2H3/b4-3+/t5-/m0/s1. The lowest BCUT2D eigenvalue weighted by molar-refractivity contribution is -0.156. The van der Waals surface area contributed by atoms with Crippen molar-refractivity contribution in [3.63, 3.8) is 0 Å². The first-order chi connectivity index (χ1) is 5.61. The molecule has 0 amide bonds. The monoisotopic (exact) mass is 190 g/mol. The topological polar surface area (TPSA) is 52.6 Å². The molecule has 0 aliphatic heterocycles. The summed E-state index contributed by atoms with van der Waals surface area (Å²) >= 11 is 0. The van der Waals surface area contributed by atoms with Crippen LogP contribution >= 0.6 is 9.47 Å². The fourth-order valence-corrected chi connectivity index (χ4v) is 0.685. The summed E-state index contributed by atoms with van der Waals surface area (Å²) in [5.74, 6) is -1.15. The smallest absolute Gasteiger partial charge is 0.349 e. The summed E-state index contributed by atoms with van der Waals surface area (Å²) in [6, 6.07) is 0. The van der Waals surface area contributed by atoms with E-state index in [9.17, 15) is 9.59 Å². The van der Waals surface area contributed by atoms with E-state index in [-0.39, 0.29) is 0 Å². The Hall–Kier alpha value is -0.890. The second-order valence-electron chi connectivity index (χ2n) is 2.02. The van der Waals surface area contributed by atoms with E-state index in [1.165, 1.54) is 19.1 Å². The summed E-state index contributed by atoms with van der Waals surface area (Å²) in [6.07, 6.45) is 1.89. The number of carbonyl (C=O) groups is 2. The van der Waals surface area contributed by atoms with Gasteiger partial charge in [0.05, 0.1) is 9.47 Å². The molecule has 4 nitrogen and oxygen atoms in total. The molecule has 1 unspecified atom stereocenters. The van der Waals surface area contributed by atoms with Crippen LogP contribution in [0.25, 0.3) is 0 Å². The van der Waals surface area contributed by atoms with Gasteiger partial charge >= 0.3 is 11.9 Å². The molecule has 0 aliphatic carbocycles. The lowest BCUT2D eigenvalue weighted by Gasteiger charge is -2.07. The number of allylic oxidation sites excluding steroid dienone is 1. The van der Waals surface area contributed by atoms with E-state index in [0.717, 1.165) is 0 Å². The Balaban J connectivity index is 3.92. The molecule has 0 spiro atoms. The third-order valence-electron chi connectivity index (χ3n) is 1.04. The van der Waals surface area contributed by atoms with Crippen molar-refractivity contribution in [3.8, 4) is 0 Å². The number of ether oxygens (including phenoxy) is 1. The van der Waals surface area contributed by atoms with E-state index in [4.69, 9.17) is 0 Å². The van der Waals surface area contributed by atoms with E-state index < -0.39 is 18.0 Å². The van der Waals surface area contributed by atoms with Crippen LogP contribution in [0.1, 0.15) is 13.8 Å². The van der Waals surface area contributed by atoms with Crippen LogP contribution < -0.4 is 0 Å². The maximum Gasteiger partial charge on any atom is 0.349 e. The highest BCUT2D eigenvalue weighted by Crippen LogP contribution is 1.99. The van der Waals surface area contributed by atoms with Gasteiger partial charge in [-0.25, -0.2) is 9.59 Å². The van der Waals surface area contributed by atoms with Crippen LogP contribution in [0.15, 0.2) is 12.2 Å². The Bertz CT molecular complexity index is 200. The summed E-state index contributed by atoms with van der Waals surface area (Å²) < 4.78 is 8.90. The minimum Gasteiger partial charge on any atom is -0.449 e. The van der Waals surface area contributed by atoms with Crippen LogP contribution in [0.5, 0.6) is 0 Å². The molecule has 5 heteroatoms.